The van der Waals surface area contributed by atoms with Crippen LogP contribution >= 0.6 is 23.4 Å². The van der Waals surface area contributed by atoms with Crippen LogP contribution in [-0.4, -0.2) is 36.5 Å². The highest BCUT2D eigenvalue weighted by Gasteiger charge is 2.28. The first-order valence-corrected chi connectivity index (χ1v) is 8.08. The molecule has 9 heteroatoms. The Morgan fingerprint density at radius 3 is 2.62 bits per heavy atom. The fourth-order valence-electron chi connectivity index (χ4n) is 2.25. The SMILES string of the molecule is CCn1nc(C)c2nc(CCCl)n(CCSC(F)(F)F)c21. The lowest BCUT2D eigenvalue weighted by atomic mass is 10.4. The number of imidazole rings is 1. The molecule has 0 radical (unpaired) electrons. The summed E-state index contributed by atoms with van der Waals surface area (Å²) < 4.78 is 40.5. The molecule has 118 valence electrons. The summed E-state index contributed by atoms with van der Waals surface area (Å²) in [7, 11) is 0. The minimum absolute atomic E-state index is 0.0239. The summed E-state index contributed by atoms with van der Waals surface area (Å²) in [5.41, 5.74) is -1.91. The molecule has 0 aromatic carbocycles. The molecule has 0 unspecified atom stereocenters. The number of alkyl halides is 4. The van der Waals surface area contributed by atoms with E-state index in [1.54, 1.807) is 9.25 Å². The van der Waals surface area contributed by atoms with Crippen molar-refractivity contribution in [1.82, 2.24) is 19.3 Å². The Morgan fingerprint density at radius 1 is 1.33 bits per heavy atom. The van der Waals surface area contributed by atoms with E-state index in [1.165, 1.54) is 0 Å². The van der Waals surface area contributed by atoms with Gasteiger partial charge in [-0.25, -0.2) is 9.67 Å². The van der Waals surface area contributed by atoms with Gasteiger partial charge >= 0.3 is 5.51 Å². The lowest BCUT2D eigenvalue weighted by Gasteiger charge is -2.10. The third-order valence-corrected chi connectivity index (χ3v) is 3.98. The number of hydrogen-bond donors (Lipinski definition) is 0. The van der Waals surface area contributed by atoms with Crippen molar-refractivity contribution in [3.8, 4) is 0 Å². The Kier molecular flexibility index (Phi) is 5.08. The van der Waals surface area contributed by atoms with Gasteiger partial charge in [-0.3, -0.25) is 0 Å². The van der Waals surface area contributed by atoms with Crippen LogP contribution in [-0.2, 0) is 19.5 Å². The third kappa shape index (κ3) is 3.66. The minimum Gasteiger partial charge on any atom is -0.312 e. The molecule has 4 nitrogen and oxygen atoms in total. The molecular formula is C12H16ClF3N4S. The van der Waals surface area contributed by atoms with E-state index in [9.17, 15) is 13.2 Å². The summed E-state index contributed by atoms with van der Waals surface area (Å²) in [4.78, 5) is 4.49. The summed E-state index contributed by atoms with van der Waals surface area (Å²) >= 11 is 5.74. The molecule has 0 aliphatic heterocycles. The van der Waals surface area contributed by atoms with Crippen LogP contribution in [0.3, 0.4) is 0 Å². The van der Waals surface area contributed by atoms with Gasteiger partial charge in [-0.2, -0.15) is 18.3 Å². The molecule has 0 spiro atoms. The van der Waals surface area contributed by atoms with Crippen molar-refractivity contribution in [3.63, 3.8) is 0 Å². The smallest absolute Gasteiger partial charge is 0.312 e. The predicted molar refractivity (Wildman–Crippen MR) is 78.9 cm³/mol. The fourth-order valence-corrected chi connectivity index (χ4v) is 2.93. The number of halogens is 4. The number of thioether (sulfide) groups is 1. The highest BCUT2D eigenvalue weighted by molar-refractivity contribution is 8.00. The van der Waals surface area contributed by atoms with E-state index in [4.69, 9.17) is 11.6 Å². The van der Waals surface area contributed by atoms with Crippen molar-refractivity contribution in [2.45, 2.75) is 38.9 Å². The van der Waals surface area contributed by atoms with Crippen LogP contribution in [0.1, 0.15) is 18.4 Å². The number of aryl methyl sites for hydroxylation is 4. The maximum absolute atomic E-state index is 12.3. The number of fused-ring (bicyclic) bond motifs is 1. The second-order valence-electron chi connectivity index (χ2n) is 4.49. The molecule has 0 amide bonds. The van der Waals surface area contributed by atoms with E-state index in [1.807, 2.05) is 13.8 Å². The Morgan fingerprint density at radius 2 is 2.05 bits per heavy atom. The Labute approximate surface area is 129 Å². The molecule has 0 bridgehead atoms. The summed E-state index contributed by atoms with van der Waals surface area (Å²) in [6.07, 6.45) is 0.524. The Hall–Kier alpha value is -0.890. The first kappa shape index (κ1) is 16.5. The largest absolute Gasteiger partial charge is 0.441 e. The van der Waals surface area contributed by atoms with Crippen LogP contribution in [0.25, 0.3) is 11.2 Å². The van der Waals surface area contributed by atoms with E-state index in [-0.39, 0.29) is 24.1 Å². The second-order valence-corrected chi connectivity index (χ2v) is 6.02. The molecule has 2 heterocycles. The highest BCUT2D eigenvalue weighted by Crippen LogP contribution is 2.30. The number of nitrogens with zero attached hydrogens (tertiary/aromatic N) is 4. The van der Waals surface area contributed by atoms with E-state index in [0.717, 1.165) is 16.9 Å². The van der Waals surface area contributed by atoms with Crippen molar-refractivity contribution in [2.24, 2.45) is 0 Å². The van der Waals surface area contributed by atoms with Gasteiger partial charge in [0.05, 0.1) is 5.69 Å². The van der Waals surface area contributed by atoms with Crippen molar-refractivity contribution in [2.75, 3.05) is 11.6 Å². The molecule has 2 aromatic rings. The maximum atomic E-state index is 12.3. The van der Waals surface area contributed by atoms with Crippen LogP contribution in [0.15, 0.2) is 0 Å². The van der Waals surface area contributed by atoms with Gasteiger partial charge < -0.3 is 4.57 Å². The van der Waals surface area contributed by atoms with Gasteiger partial charge in [-0.05, 0) is 25.6 Å². The van der Waals surface area contributed by atoms with E-state index in [0.29, 0.717) is 24.7 Å². The lowest BCUT2D eigenvalue weighted by Crippen LogP contribution is -2.12. The monoisotopic (exact) mass is 340 g/mol. The van der Waals surface area contributed by atoms with Crippen LogP contribution < -0.4 is 0 Å². The quantitative estimate of drug-likeness (QED) is 0.754. The molecule has 0 atom stereocenters. The normalized spacial score (nSPS) is 12.5. The van der Waals surface area contributed by atoms with Crippen LogP contribution in [0.4, 0.5) is 13.2 Å². The predicted octanol–water partition coefficient (Wildman–Crippen LogP) is 3.60. The summed E-state index contributed by atoms with van der Waals surface area (Å²) in [6.45, 7) is 4.66. The number of hydrogen-bond acceptors (Lipinski definition) is 3. The second kappa shape index (κ2) is 6.48. The molecule has 21 heavy (non-hydrogen) atoms. The van der Waals surface area contributed by atoms with Crippen LogP contribution in [0.5, 0.6) is 0 Å². The zero-order valence-electron chi connectivity index (χ0n) is 11.7. The topological polar surface area (TPSA) is 35.6 Å². The zero-order chi connectivity index (χ0) is 15.6. The molecule has 2 aromatic heterocycles. The van der Waals surface area contributed by atoms with Crippen molar-refractivity contribution >= 4 is 34.5 Å². The third-order valence-electron chi connectivity index (χ3n) is 3.08. The van der Waals surface area contributed by atoms with Gasteiger partial charge in [-0.1, -0.05) is 0 Å². The molecular weight excluding hydrogens is 325 g/mol. The fraction of sp³-hybridized carbons (Fsp3) is 0.667. The minimum atomic E-state index is -4.22. The summed E-state index contributed by atoms with van der Waals surface area (Å²) in [5.74, 6) is 1.04. The highest BCUT2D eigenvalue weighted by atomic mass is 35.5. The Balaban J connectivity index is 2.35. The average Bonchev–Trinajstić information content (AvgIpc) is 2.88. The van der Waals surface area contributed by atoms with Crippen molar-refractivity contribution in [3.05, 3.63) is 11.5 Å². The Bertz CT molecular complexity index is 620. The van der Waals surface area contributed by atoms with Gasteiger partial charge in [0.15, 0.2) is 5.65 Å². The van der Waals surface area contributed by atoms with Gasteiger partial charge in [0.2, 0.25) is 0 Å². The lowest BCUT2D eigenvalue weighted by molar-refractivity contribution is -0.0328. The molecule has 0 aliphatic rings. The van der Waals surface area contributed by atoms with Gasteiger partial charge in [0.1, 0.15) is 11.3 Å². The van der Waals surface area contributed by atoms with E-state index in [2.05, 4.69) is 10.1 Å². The first-order chi connectivity index (χ1) is 9.87. The molecule has 0 aliphatic carbocycles. The van der Waals surface area contributed by atoms with E-state index < -0.39 is 5.51 Å². The van der Waals surface area contributed by atoms with Crippen LogP contribution in [0.2, 0.25) is 0 Å². The molecule has 0 saturated heterocycles. The van der Waals surface area contributed by atoms with Crippen LogP contribution in [0, 0.1) is 6.92 Å². The maximum Gasteiger partial charge on any atom is 0.441 e. The molecule has 0 saturated carbocycles. The molecule has 0 N–H and O–H groups in total. The molecule has 0 fully saturated rings. The summed E-state index contributed by atoms with van der Waals surface area (Å²) in [5, 5.41) is 4.36. The number of aromatic nitrogens is 4. The van der Waals surface area contributed by atoms with E-state index >= 15 is 0 Å². The van der Waals surface area contributed by atoms with Gasteiger partial charge in [0, 0.05) is 31.1 Å². The first-order valence-electron chi connectivity index (χ1n) is 6.56. The standard InChI is InChI=1S/C12H16ClF3N4S/c1-3-20-11-10(8(2)18-20)17-9(4-5-13)19(11)6-7-21-12(14,15)16/h3-7H2,1-2H3. The number of rotatable bonds is 6. The zero-order valence-corrected chi connectivity index (χ0v) is 13.3. The van der Waals surface area contributed by atoms with Gasteiger partial charge in [-0.15, -0.1) is 11.6 Å². The molecule has 2 rings (SSSR count). The summed E-state index contributed by atoms with van der Waals surface area (Å²) in [6, 6.07) is 0. The van der Waals surface area contributed by atoms with Gasteiger partial charge in [0.25, 0.3) is 0 Å². The average molecular weight is 341 g/mol. The van der Waals surface area contributed by atoms with Crippen molar-refractivity contribution in [1.29, 1.82) is 0 Å². The van der Waals surface area contributed by atoms with Crippen molar-refractivity contribution < 1.29 is 13.2 Å².